The number of halogens is 2. The number of carbonyl (C=O) groups is 1. The minimum absolute atomic E-state index is 0.0335. The van der Waals surface area contributed by atoms with Crippen molar-refractivity contribution in [3.8, 4) is 5.75 Å². The smallest absolute Gasteiger partial charge is 0.247 e. The van der Waals surface area contributed by atoms with E-state index in [9.17, 15) is 9.18 Å². The molecule has 2 unspecified atom stereocenters. The third-order valence-corrected chi connectivity index (χ3v) is 6.08. The van der Waals surface area contributed by atoms with E-state index in [1.54, 1.807) is 60.8 Å². The summed E-state index contributed by atoms with van der Waals surface area (Å²) in [4.78, 5) is 22.3. The van der Waals surface area contributed by atoms with Crippen LogP contribution in [0.5, 0.6) is 5.75 Å². The minimum Gasteiger partial charge on any atom is -0.487 e. The predicted molar refractivity (Wildman–Crippen MR) is 145 cm³/mol. The second-order valence-corrected chi connectivity index (χ2v) is 8.74. The molecule has 0 saturated carbocycles. The van der Waals surface area contributed by atoms with E-state index in [2.05, 4.69) is 23.6 Å². The second-order valence-electron chi connectivity index (χ2n) is 8.74. The first kappa shape index (κ1) is 25.9. The summed E-state index contributed by atoms with van der Waals surface area (Å²) in [6.07, 6.45) is 7.01. The van der Waals surface area contributed by atoms with Gasteiger partial charge < -0.3 is 15.0 Å². The molecule has 0 bridgehead atoms. The molecule has 1 amide bonds. The Kier molecular flexibility index (Phi) is 8.20. The first-order valence-electron chi connectivity index (χ1n) is 11.8. The van der Waals surface area contributed by atoms with Gasteiger partial charge in [0.2, 0.25) is 5.91 Å². The number of hydrogen-bond donors (Lipinski definition) is 1. The van der Waals surface area contributed by atoms with Gasteiger partial charge in [-0.25, -0.2) is 13.8 Å². The molecule has 190 valence electrons. The molecule has 1 N–H and O–H groups in total. The van der Waals surface area contributed by atoms with Gasteiger partial charge in [-0.15, -0.1) is 0 Å². The molecule has 37 heavy (non-hydrogen) atoms. The molecule has 2 aliphatic rings. The molecule has 2 aromatic carbocycles. The van der Waals surface area contributed by atoms with Crippen LogP contribution in [0.2, 0.25) is 0 Å². The van der Waals surface area contributed by atoms with Crippen LogP contribution in [-0.2, 0) is 4.79 Å². The highest BCUT2D eigenvalue weighted by Crippen LogP contribution is 2.32. The van der Waals surface area contributed by atoms with Crippen molar-refractivity contribution >= 4 is 35.3 Å². The van der Waals surface area contributed by atoms with Gasteiger partial charge in [0.05, 0.1) is 17.1 Å². The van der Waals surface area contributed by atoms with E-state index in [1.807, 2.05) is 11.9 Å². The molecule has 2 atom stereocenters. The number of alkyl halides is 1. The van der Waals surface area contributed by atoms with Gasteiger partial charge in [0.25, 0.3) is 0 Å². The molecule has 1 fully saturated rings. The van der Waals surface area contributed by atoms with E-state index in [-0.39, 0.29) is 11.3 Å². The summed E-state index contributed by atoms with van der Waals surface area (Å²) in [5.41, 5.74) is 2.52. The number of amides is 1. The van der Waals surface area contributed by atoms with Gasteiger partial charge in [0.1, 0.15) is 18.0 Å². The number of carbonyl (C=O) groups excluding carboxylic acids is 1. The first-order valence-corrected chi connectivity index (χ1v) is 11.8. The van der Waals surface area contributed by atoms with Crippen molar-refractivity contribution in [3.63, 3.8) is 0 Å². The number of likely N-dealkylation sites (tertiary alicyclic amines) is 1. The number of benzene rings is 2. The normalized spacial score (nSPS) is 22.0. The zero-order valence-electron chi connectivity index (χ0n) is 20.5. The number of nitrogens with zero attached hydrogens (tertiary/aromatic N) is 3. The molecule has 2 aromatic rings. The largest absolute Gasteiger partial charge is 0.487 e. The van der Waals surface area contributed by atoms with E-state index < -0.39 is 24.0 Å². The molecule has 1 heterocycles. The topological polar surface area (TPSA) is 66.3 Å². The Bertz CT molecular complexity index is 1310. The highest BCUT2D eigenvalue weighted by atomic mass is 19.1. The van der Waals surface area contributed by atoms with Crippen LogP contribution >= 0.6 is 0 Å². The van der Waals surface area contributed by atoms with Crippen molar-refractivity contribution in [3.05, 3.63) is 96.5 Å². The fraction of sp³-hybridized carbons (Fsp3) is 0.207. The summed E-state index contributed by atoms with van der Waals surface area (Å²) in [6.45, 7) is 8.06. The lowest BCUT2D eigenvalue weighted by Gasteiger charge is -2.32. The maximum Gasteiger partial charge on any atom is 0.247 e. The van der Waals surface area contributed by atoms with E-state index in [1.165, 1.54) is 6.07 Å². The number of allylic oxidation sites excluding steroid dienone is 5. The number of anilines is 1. The molecular weight excluding hydrogens is 474 g/mol. The maximum atomic E-state index is 15.4. The zero-order valence-corrected chi connectivity index (χ0v) is 20.5. The molecular formula is C29H28F2N4O2. The average Bonchev–Trinajstić information content (AvgIpc) is 2.89. The fourth-order valence-corrected chi connectivity index (χ4v) is 4.20. The molecule has 8 heteroatoms. The summed E-state index contributed by atoms with van der Waals surface area (Å²) in [5.74, 6) is -0.554. The molecule has 1 aliphatic heterocycles. The molecule has 0 radical (unpaired) electrons. The van der Waals surface area contributed by atoms with Crippen molar-refractivity contribution in [2.45, 2.75) is 18.7 Å². The molecule has 1 saturated heterocycles. The molecule has 4 rings (SSSR count). The average molecular weight is 503 g/mol. The van der Waals surface area contributed by atoms with Gasteiger partial charge in [-0.1, -0.05) is 36.9 Å². The van der Waals surface area contributed by atoms with Gasteiger partial charge in [0.15, 0.2) is 5.82 Å². The number of rotatable bonds is 7. The van der Waals surface area contributed by atoms with Crippen molar-refractivity contribution in [2.24, 2.45) is 9.98 Å². The van der Waals surface area contributed by atoms with Crippen LogP contribution in [0.4, 0.5) is 20.2 Å². The van der Waals surface area contributed by atoms with Gasteiger partial charge in [-0.3, -0.25) is 9.79 Å². The Balaban J connectivity index is 1.64. The molecule has 0 spiro atoms. The molecule has 6 nitrogen and oxygen atoms in total. The third kappa shape index (κ3) is 6.16. The van der Waals surface area contributed by atoms with Crippen LogP contribution in [0.1, 0.15) is 12.0 Å². The summed E-state index contributed by atoms with van der Waals surface area (Å²) >= 11 is 0. The zero-order chi connectivity index (χ0) is 26.4. The highest BCUT2D eigenvalue weighted by Gasteiger charge is 2.29. The summed E-state index contributed by atoms with van der Waals surface area (Å²) < 4.78 is 35.7. The predicted octanol–water partition coefficient (Wildman–Crippen LogP) is 5.68. The Morgan fingerprint density at radius 2 is 2.03 bits per heavy atom. The van der Waals surface area contributed by atoms with Crippen molar-refractivity contribution in [1.29, 1.82) is 0 Å². The summed E-state index contributed by atoms with van der Waals surface area (Å²) in [5, 5.41) is 2.48. The van der Waals surface area contributed by atoms with E-state index in [4.69, 9.17) is 9.73 Å². The van der Waals surface area contributed by atoms with Crippen LogP contribution in [0.15, 0.2) is 95.1 Å². The van der Waals surface area contributed by atoms with Crippen molar-refractivity contribution < 1.29 is 18.3 Å². The highest BCUT2D eigenvalue weighted by molar-refractivity contribution is 6.34. The molecule has 0 aromatic heterocycles. The first-order chi connectivity index (χ1) is 17.9. The number of aliphatic imine (C=N–C) groups is 2. The summed E-state index contributed by atoms with van der Waals surface area (Å²) in [6, 6.07) is 11.7. The van der Waals surface area contributed by atoms with Gasteiger partial charge >= 0.3 is 0 Å². The maximum absolute atomic E-state index is 15.4. The Hall–Kier alpha value is -4.17. The number of ether oxygens (including phenoxy) is 1. The molecule has 1 aliphatic carbocycles. The van der Waals surface area contributed by atoms with Crippen LogP contribution < -0.4 is 10.1 Å². The van der Waals surface area contributed by atoms with E-state index in [0.717, 1.165) is 12.6 Å². The van der Waals surface area contributed by atoms with Crippen LogP contribution in [0.25, 0.3) is 5.57 Å². The fourth-order valence-electron chi connectivity index (χ4n) is 4.20. The van der Waals surface area contributed by atoms with E-state index in [0.29, 0.717) is 41.3 Å². The third-order valence-electron chi connectivity index (χ3n) is 6.08. The Morgan fingerprint density at radius 1 is 1.24 bits per heavy atom. The standard InChI is InChI=1S/C29H28F2N4O2/c1-4-27(36)34-25-10-6-8-22(28(25)31)23-9-5-7-19(17-32-2)29(23)33-20-11-13-21(14-12-20)37-26-15-16-35(3)18-24(26)30/h4-14,17,24,26H,1-2,15-16,18H2,3H3,(H,34,36)/b19-17-,33-29+. The summed E-state index contributed by atoms with van der Waals surface area (Å²) in [7, 11) is 1.89. The quantitative estimate of drug-likeness (QED) is 0.391. The SMILES string of the molecule is C=CC(=O)Nc1cccc(C2=CC=CC(=C/N=C)/C2=N\c2ccc(OC3CCN(C)CC3F)cc2)c1F. The van der Waals surface area contributed by atoms with Gasteiger partial charge in [0, 0.05) is 36.0 Å². The van der Waals surface area contributed by atoms with Crippen molar-refractivity contribution in [1.82, 2.24) is 4.90 Å². The lowest BCUT2D eigenvalue weighted by molar-refractivity contribution is -0.111. The monoisotopic (exact) mass is 502 g/mol. The lowest BCUT2D eigenvalue weighted by Crippen LogP contribution is -2.45. The van der Waals surface area contributed by atoms with E-state index >= 15 is 4.39 Å². The van der Waals surface area contributed by atoms with Crippen LogP contribution in [0, 0.1) is 5.82 Å². The van der Waals surface area contributed by atoms with Crippen LogP contribution in [-0.4, -0.2) is 55.6 Å². The lowest BCUT2D eigenvalue weighted by atomic mass is 9.91. The minimum atomic E-state index is -1.05. The number of hydrogen-bond acceptors (Lipinski definition) is 5. The van der Waals surface area contributed by atoms with Crippen LogP contribution in [0.3, 0.4) is 0 Å². The Labute approximate surface area is 215 Å². The Morgan fingerprint density at radius 3 is 2.73 bits per heavy atom. The second kappa shape index (κ2) is 11.7. The van der Waals surface area contributed by atoms with Crippen molar-refractivity contribution in [2.75, 3.05) is 25.5 Å². The number of nitrogens with one attached hydrogen (secondary N) is 1. The number of piperidine rings is 1. The van der Waals surface area contributed by atoms with Gasteiger partial charge in [-0.05, 0) is 56.6 Å². The van der Waals surface area contributed by atoms with Gasteiger partial charge in [-0.2, -0.15) is 0 Å².